The molecular weight excluding hydrogens is 306 g/mol. The first-order valence-electron chi connectivity index (χ1n) is 7.83. The van der Waals surface area contributed by atoms with Crippen LogP contribution in [0.3, 0.4) is 0 Å². The predicted octanol–water partition coefficient (Wildman–Crippen LogP) is 4.54. The highest BCUT2D eigenvalue weighted by Gasteiger charge is 2.28. The van der Waals surface area contributed by atoms with E-state index in [4.69, 9.17) is 0 Å². The smallest absolute Gasteiger partial charge is 0.130 e. The molecule has 0 aliphatic carbocycles. The molecule has 0 bridgehead atoms. The number of hydrogen-bond donors (Lipinski definition) is 0. The Bertz CT molecular complexity index is 870. The van der Waals surface area contributed by atoms with E-state index in [9.17, 15) is 8.78 Å². The first kappa shape index (κ1) is 14.7. The van der Waals surface area contributed by atoms with Gasteiger partial charge >= 0.3 is 0 Å². The van der Waals surface area contributed by atoms with Gasteiger partial charge in [0.05, 0.1) is 12.6 Å². The van der Waals surface area contributed by atoms with E-state index in [0.29, 0.717) is 12.1 Å². The highest BCUT2D eigenvalue weighted by Crippen LogP contribution is 2.34. The molecule has 0 fully saturated rings. The maximum Gasteiger partial charge on any atom is 0.130 e. The van der Waals surface area contributed by atoms with Crippen LogP contribution in [0.2, 0.25) is 0 Å². The lowest BCUT2D eigenvalue weighted by Gasteiger charge is -2.28. The number of aromatic nitrogens is 1. The van der Waals surface area contributed by atoms with E-state index in [0.717, 1.165) is 17.2 Å². The minimum absolute atomic E-state index is 0.0312. The van der Waals surface area contributed by atoms with Crippen molar-refractivity contribution in [3.05, 3.63) is 102 Å². The first-order chi connectivity index (χ1) is 11.7. The Hall–Kier alpha value is -2.88. The lowest BCUT2D eigenvalue weighted by molar-refractivity contribution is 0.589. The molecule has 1 unspecified atom stereocenters. The predicted molar refractivity (Wildman–Crippen MR) is 91.0 cm³/mol. The molecule has 1 atom stereocenters. The average Bonchev–Trinajstić information content (AvgIpc) is 3.27. The molecule has 0 spiro atoms. The summed E-state index contributed by atoms with van der Waals surface area (Å²) in [5.41, 5.74) is 2.22. The average molecular weight is 322 g/mol. The van der Waals surface area contributed by atoms with Crippen LogP contribution in [0.15, 0.2) is 79.1 Å². The van der Waals surface area contributed by atoms with Crippen LogP contribution in [0.4, 0.5) is 8.78 Å². The van der Waals surface area contributed by atoms with Crippen LogP contribution in [-0.4, -0.2) is 11.2 Å². The minimum atomic E-state index is -0.428. The quantitative estimate of drug-likeness (QED) is 0.687. The third-order valence-electron chi connectivity index (χ3n) is 4.31. The van der Waals surface area contributed by atoms with Gasteiger partial charge in [-0.25, -0.2) is 8.78 Å². The van der Waals surface area contributed by atoms with Gasteiger partial charge in [0.15, 0.2) is 0 Å². The molecule has 3 aromatic rings. The van der Waals surface area contributed by atoms with Crippen molar-refractivity contribution in [3.8, 4) is 0 Å². The fourth-order valence-corrected chi connectivity index (χ4v) is 3.16. The van der Waals surface area contributed by atoms with Crippen molar-refractivity contribution in [1.82, 2.24) is 4.68 Å². The van der Waals surface area contributed by atoms with Crippen LogP contribution in [-0.2, 0) is 0 Å². The summed E-state index contributed by atoms with van der Waals surface area (Å²) in [6, 6.07) is 17.5. The third-order valence-corrected chi connectivity index (χ3v) is 4.31. The highest BCUT2D eigenvalue weighted by atomic mass is 19.1. The number of halogens is 2. The van der Waals surface area contributed by atoms with E-state index < -0.39 is 11.6 Å². The maximum atomic E-state index is 14.2. The van der Waals surface area contributed by atoms with Crippen molar-refractivity contribution >= 4 is 5.57 Å². The highest BCUT2D eigenvalue weighted by molar-refractivity contribution is 5.73. The van der Waals surface area contributed by atoms with Gasteiger partial charge in [-0.2, -0.15) is 0 Å². The number of nitrogens with zero attached hydrogens (tertiary/aromatic N) is 2. The second kappa shape index (κ2) is 5.96. The molecule has 0 N–H and O–H groups in total. The number of hydrogen-bond acceptors (Lipinski definition) is 1. The van der Waals surface area contributed by atoms with E-state index in [1.807, 2.05) is 65.6 Å². The van der Waals surface area contributed by atoms with Crippen LogP contribution in [0.25, 0.3) is 5.57 Å². The summed E-state index contributed by atoms with van der Waals surface area (Å²) in [7, 11) is 0. The molecule has 1 aliphatic rings. The molecule has 2 aromatic carbocycles. The van der Waals surface area contributed by atoms with Gasteiger partial charge in [-0.15, -0.1) is 0 Å². The normalized spacial score (nSPS) is 17.2. The van der Waals surface area contributed by atoms with E-state index in [1.165, 1.54) is 12.1 Å². The fourth-order valence-electron chi connectivity index (χ4n) is 3.16. The molecule has 4 rings (SSSR count). The summed E-state index contributed by atoms with van der Waals surface area (Å²) in [4.78, 5) is 0. The monoisotopic (exact) mass is 322 g/mol. The number of rotatable bonds is 3. The largest absolute Gasteiger partial charge is 0.298 e. The second-order valence-corrected chi connectivity index (χ2v) is 5.83. The summed E-state index contributed by atoms with van der Waals surface area (Å²) < 4.78 is 29.8. The summed E-state index contributed by atoms with van der Waals surface area (Å²) >= 11 is 0. The molecule has 2 nitrogen and oxygen atoms in total. The first-order valence-corrected chi connectivity index (χ1v) is 7.83. The Balaban J connectivity index is 1.78. The van der Waals surface area contributed by atoms with E-state index in [1.54, 1.807) is 0 Å². The van der Waals surface area contributed by atoms with Gasteiger partial charge in [-0.1, -0.05) is 36.4 Å². The van der Waals surface area contributed by atoms with Gasteiger partial charge in [0.2, 0.25) is 0 Å². The van der Waals surface area contributed by atoms with Gasteiger partial charge in [0.25, 0.3) is 0 Å². The lowest BCUT2D eigenvalue weighted by atomic mass is 10.0. The molecule has 1 aromatic heterocycles. The Labute approximate surface area is 139 Å². The number of benzene rings is 2. The standard InChI is InChI=1S/C20H16F2N2/c21-17-8-9-19(22)18(13-17)16-12-20(15-6-2-1-3-7-15)24(14-16)23-10-4-5-11-23/h1-13,20H,14H2. The van der Waals surface area contributed by atoms with E-state index >= 15 is 0 Å². The Morgan fingerprint density at radius 1 is 0.875 bits per heavy atom. The molecule has 0 saturated carbocycles. The molecule has 1 aliphatic heterocycles. The Morgan fingerprint density at radius 2 is 1.62 bits per heavy atom. The van der Waals surface area contributed by atoms with Crippen molar-refractivity contribution in [2.24, 2.45) is 0 Å². The van der Waals surface area contributed by atoms with Gasteiger partial charge in [0.1, 0.15) is 11.6 Å². The maximum absolute atomic E-state index is 14.2. The third kappa shape index (κ3) is 2.60. The zero-order valence-corrected chi connectivity index (χ0v) is 12.9. The van der Waals surface area contributed by atoms with Gasteiger partial charge in [-0.3, -0.25) is 9.69 Å². The van der Waals surface area contributed by atoms with Crippen LogP contribution in [0.1, 0.15) is 17.2 Å². The van der Waals surface area contributed by atoms with Crippen molar-refractivity contribution in [2.75, 3.05) is 11.6 Å². The SMILES string of the molecule is Fc1ccc(F)c(C2=CC(c3ccccc3)N(n3cccc3)C2)c1. The van der Waals surface area contributed by atoms with Gasteiger partial charge < -0.3 is 0 Å². The molecule has 4 heteroatoms. The Morgan fingerprint density at radius 3 is 2.38 bits per heavy atom. The fraction of sp³-hybridized carbons (Fsp3) is 0.100. The van der Waals surface area contributed by atoms with E-state index in [2.05, 4.69) is 5.01 Å². The zero-order chi connectivity index (χ0) is 16.5. The topological polar surface area (TPSA) is 8.17 Å². The molecular formula is C20H16F2N2. The zero-order valence-electron chi connectivity index (χ0n) is 12.9. The lowest BCUT2D eigenvalue weighted by Crippen LogP contribution is -2.33. The molecule has 0 radical (unpaired) electrons. The summed E-state index contributed by atoms with van der Waals surface area (Å²) in [6.45, 7) is 0.509. The van der Waals surface area contributed by atoms with Crippen LogP contribution < -0.4 is 5.01 Å². The summed E-state index contributed by atoms with van der Waals surface area (Å²) in [5, 5.41) is 2.12. The van der Waals surface area contributed by atoms with Crippen molar-refractivity contribution in [1.29, 1.82) is 0 Å². The molecule has 2 heterocycles. The van der Waals surface area contributed by atoms with Crippen LogP contribution in [0.5, 0.6) is 0 Å². The van der Waals surface area contributed by atoms with Gasteiger partial charge in [0, 0.05) is 18.0 Å². The van der Waals surface area contributed by atoms with Gasteiger partial charge in [-0.05, 0) is 41.5 Å². The summed E-state index contributed by atoms with van der Waals surface area (Å²) in [6.07, 6.45) is 5.91. The van der Waals surface area contributed by atoms with Crippen LogP contribution in [0, 0.1) is 11.6 Å². The minimum Gasteiger partial charge on any atom is -0.298 e. The van der Waals surface area contributed by atoms with Crippen molar-refractivity contribution in [3.63, 3.8) is 0 Å². The van der Waals surface area contributed by atoms with E-state index in [-0.39, 0.29) is 6.04 Å². The Kier molecular flexibility index (Phi) is 3.65. The summed E-state index contributed by atoms with van der Waals surface area (Å²) in [5.74, 6) is -0.827. The molecule has 120 valence electrons. The van der Waals surface area contributed by atoms with Crippen molar-refractivity contribution in [2.45, 2.75) is 6.04 Å². The molecule has 24 heavy (non-hydrogen) atoms. The molecule has 0 amide bonds. The van der Waals surface area contributed by atoms with Crippen molar-refractivity contribution < 1.29 is 8.78 Å². The molecule has 0 saturated heterocycles. The van der Waals surface area contributed by atoms with Crippen LogP contribution >= 0.6 is 0 Å². The second-order valence-electron chi connectivity index (χ2n) is 5.83.